The normalized spacial score (nSPS) is 9.94. The largest absolute Gasteiger partial charge is 0.345 e. The molecule has 0 aliphatic rings. The molecule has 2 aromatic rings. The van der Waals surface area contributed by atoms with Crippen molar-refractivity contribution < 1.29 is 4.79 Å². The number of nitrogens with one attached hydrogen (secondary N) is 1. The van der Waals surface area contributed by atoms with Gasteiger partial charge in [0.05, 0.1) is 12.1 Å². The molecule has 2 heterocycles. The minimum absolute atomic E-state index is 0.235. The average Bonchev–Trinajstić information content (AvgIpc) is 2.38. The van der Waals surface area contributed by atoms with E-state index < -0.39 is 0 Å². The van der Waals surface area contributed by atoms with Crippen LogP contribution in [0.2, 0.25) is 5.15 Å². The van der Waals surface area contributed by atoms with Crippen LogP contribution < -0.4 is 5.32 Å². The van der Waals surface area contributed by atoms with Crippen molar-refractivity contribution in [2.45, 2.75) is 6.54 Å². The molecule has 1 amide bonds. The Bertz CT molecular complexity index is 501. The molecule has 1 N–H and O–H groups in total. The minimum Gasteiger partial charge on any atom is -0.345 e. The highest BCUT2D eigenvalue weighted by molar-refractivity contribution is 6.29. The number of carbonyl (C=O) groups is 1. The average molecular weight is 249 g/mol. The van der Waals surface area contributed by atoms with Crippen LogP contribution in [0.1, 0.15) is 16.2 Å². The Morgan fingerprint density at radius 2 is 2.00 bits per heavy atom. The highest BCUT2D eigenvalue weighted by Gasteiger charge is 2.05. The van der Waals surface area contributed by atoms with Gasteiger partial charge in [0.15, 0.2) is 0 Å². The summed E-state index contributed by atoms with van der Waals surface area (Å²) in [5.74, 6) is 0.324. The molecule has 2 rings (SSSR count). The number of aromatic nitrogens is 3. The summed E-state index contributed by atoms with van der Waals surface area (Å²) in [6.07, 6.45) is 4.67. The van der Waals surface area contributed by atoms with E-state index in [2.05, 4.69) is 20.3 Å². The lowest BCUT2D eigenvalue weighted by Crippen LogP contribution is -2.23. The van der Waals surface area contributed by atoms with Crippen LogP contribution in [0.5, 0.6) is 0 Å². The predicted octanol–water partition coefficient (Wildman–Crippen LogP) is 1.46. The highest BCUT2D eigenvalue weighted by atomic mass is 35.5. The van der Waals surface area contributed by atoms with Gasteiger partial charge in [-0.05, 0) is 18.2 Å². The van der Waals surface area contributed by atoms with E-state index in [0.717, 1.165) is 0 Å². The van der Waals surface area contributed by atoms with Crippen molar-refractivity contribution >= 4 is 17.5 Å². The minimum atomic E-state index is -0.235. The van der Waals surface area contributed by atoms with Crippen LogP contribution in [0.15, 0.2) is 36.8 Å². The van der Waals surface area contributed by atoms with Crippen molar-refractivity contribution in [3.63, 3.8) is 0 Å². The smallest absolute Gasteiger partial charge is 0.253 e. The highest BCUT2D eigenvalue weighted by Crippen LogP contribution is 2.05. The second-order valence-corrected chi connectivity index (χ2v) is 3.60. The fraction of sp³-hybridized carbons (Fsp3) is 0.0909. The number of nitrogens with zero attached hydrogens (tertiary/aromatic N) is 3. The lowest BCUT2D eigenvalue weighted by Gasteiger charge is -2.03. The first-order valence-corrected chi connectivity index (χ1v) is 5.29. The zero-order chi connectivity index (χ0) is 12.1. The van der Waals surface area contributed by atoms with E-state index in [1.54, 1.807) is 30.6 Å². The third-order valence-corrected chi connectivity index (χ3v) is 2.24. The van der Waals surface area contributed by atoms with Crippen molar-refractivity contribution in [3.8, 4) is 0 Å². The molecule has 0 aromatic carbocycles. The third kappa shape index (κ3) is 3.22. The summed E-state index contributed by atoms with van der Waals surface area (Å²) >= 11 is 5.63. The number of hydrogen-bond donors (Lipinski definition) is 1. The summed E-state index contributed by atoms with van der Waals surface area (Å²) < 4.78 is 0. The van der Waals surface area contributed by atoms with E-state index in [1.165, 1.54) is 6.20 Å². The maximum Gasteiger partial charge on any atom is 0.253 e. The number of pyridine rings is 1. The van der Waals surface area contributed by atoms with E-state index in [-0.39, 0.29) is 12.5 Å². The Morgan fingerprint density at radius 1 is 1.24 bits per heavy atom. The molecule has 0 bridgehead atoms. The number of hydrogen-bond acceptors (Lipinski definition) is 4. The molecule has 0 aliphatic carbocycles. The van der Waals surface area contributed by atoms with Crippen LogP contribution in [0.3, 0.4) is 0 Å². The quantitative estimate of drug-likeness (QED) is 0.835. The molecule has 5 nitrogen and oxygen atoms in total. The lowest BCUT2D eigenvalue weighted by molar-refractivity contribution is 0.0949. The molecular weight excluding hydrogens is 240 g/mol. The summed E-state index contributed by atoms with van der Waals surface area (Å²) in [5.41, 5.74) is 0.449. The monoisotopic (exact) mass is 248 g/mol. The predicted molar refractivity (Wildman–Crippen MR) is 62.4 cm³/mol. The van der Waals surface area contributed by atoms with Gasteiger partial charge in [-0.3, -0.25) is 4.79 Å². The van der Waals surface area contributed by atoms with Crippen LogP contribution >= 0.6 is 11.6 Å². The van der Waals surface area contributed by atoms with Gasteiger partial charge in [0, 0.05) is 18.6 Å². The van der Waals surface area contributed by atoms with Crippen molar-refractivity contribution in [2.24, 2.45) is 0 Å². The third-order valence-electron chi connectivity index (χ3n) is 2.02. The molecule has 6 heteroatoms. The second-order valence-electron chi connectivity index (χ2n) is 3.22. The number of halogens is 1. The molecular formula is C11H9ClN4O. The van der Waals surface area contributed by atoms with Gasteiger partial charge in [-0.25, -0.2) is 15.0 Å². The van der Waals surface area contributed by atoms with Gasteiger partial charge in [0.25, 0.3) is 5.91 Å². The van der Waals surface area contributed by atoms with Gasteiger partial charge in [0.2, 0.25) is 0 Å². The lowest BCUT2D eigenvalue weighted by atomic mass is 10.3. The number of amides is 1. The first-order valence-electron chi connectivity index (χ1n) is 4.91. The first kappa shape index (κ1) is 11.5. The van der Waals surface area contributed by atoms with Gasteiger partial charge < -0.3 is 5.32 Å². The molecule has 2 aromatic heterocycles. The molecule has 0 saturated carbocycles. The van der Waals surface area contributed by atoms with Gasteiger partial charge >= 0.3 is 0 Å². The van der Waals surface area contributed by atoms with E-state index in [1.807, 2.05) is 0 Å². The molecule has 86 valence electrons. The van der Waals surface area contributed by atoms with Crippen LogP contribution in [-0.2, 0) is 6.54 Å². The molecule has 0 saturated heterocycles. The maximum atomic E-state index is 11.7. The Hall–Kier alpha value is -2.01. The van der Waals surface area contributed by atoms with E-state index in [9.17, 15) is 4.79 Å². The van der Waals surface area contributed by atoms with Crippen molar-refractivity contribution in [2.75, 3.05) is 0 Å². The van der Waals surface area contributed by atoms with Crippen LogP contribution in [0.25, 0.3) is 0 Å². The van der Waals surface area contributed by atoms with Crippen molar-refractivity contribution in [1.29, 1.82) is 0 Å². The topological polar surface area (TPSA) is 67.8 Å². The number of carbonyl (C=O) groups excluding carboxylic acids is 1. The van der Waals surface area contributed by atoms with Crippen molar-refractivity contribution in [1.82, 2.24) is 20.3 Å². The summed E-state index contributed by atoms with van der Waals surface area (Å²) in [6.45, 7) is 0.280. The summed E-state index contributed by atoms with van der Waals surface area (Å²) in [7, 11) is 0. The molecule has 0 fully saturated rings. The maximum absolute atomic E-state index is 11.7. The van der Waals surface area contributed by atoms with Gasteiger partial charge in [-0.1, -0.05) is 11.6 Å². The standard InChI is InChI=1S/C11H9ClN4O/c12-9-3-2-8(6-15-9)11(17)16-7-10-13-4-1-5-14-10/h1-6H,7H2,(H,16,17). The molecule has 0 atom stereocenters. The molecule has 0 spiro atoms. The summed E-state index contributed by atoms with van der Waals surface area (Å²) in [6, 6.07) is 4.89. The fourth-order valence-corrected chi connectivity index (χ4v) is 1.30. The number of rotatable bonds is 3. The Labute approximate surface area is 103 Å². The van der Waals surface area contributed by atoms with E-state index in [0.29, 0.717) is 16.5 Å². The van der Waals surface area contributed by atoms with Crippen LogP contribution in [0.4, 0.5) is 0 Å². The van der Waals surface area contributed by atoms with E-state index in [4.69, 9.17) is 11.6 Å². The molecule has 0 aliphatic heterocycles. The zero-order valence-corrected chi connectivity index (χ0v) is 9.55. The summed E-state index contributed by atoms with van der Waals surface area (Å²) in [5, 5.41) is 3.04. The van der Waals surface area contributed by atoms with E-state index >= 15 is 0 Å². The zero-order valence-electron chi connectivity index (χ0n) is 8.80. The van der Waals surface area contributed by atoms with Crippen molar-refractivity contribution in [3.05, 3.63) is 53.3 Å². The van der Waals surface area contributed by atoms with Crippen LogP contribution in [-0.4, -0.2) is 20.9 Å². The van der Waals surface area contributed by atoms with Gasteiger partial charge in [-0.15, -0.1) is 0 Å². The van der Waals surface area contributed by atoms with Crippen LogP contribution in [0, 0.1) is 0 Å². The molecule has 17 heavy (non-hydrogen) atoms. The van der Waals surface area contributed by atoms with Gasteiger partial charge in [0.1, 0.15) is 11.0 Å². The molecule has 0 unspecified atom stereocenters. The Morgan fingerprint density at radius 3 is 2.65 bits per heavy atom. The Balaban J connectivity index is 1.96. The SMILES string of the molecule is O=C(NCc1ncccn1)c1ccc(Cl)nc1. The second kappa shape index (κ2) is 5.36. The Kier molecular flexibility index (Phi) is 3.62. The molecule has 0 radical (unpaired) electrons. The van der Waals surface area contributed by atoms with Gasteiger partial charge in [-0.2, -0.15) is 0 Å². The first-order chi connectivity index (χ1) is 8.25. The fourth-order valence-electron chi connectivity index (χ4n) is 1.19. The summed E-state index contributed by atoms with van der Waals surface area (Å²) in [4.78, 5) is 23.5.